The van der Waals surface area contributed by atoms with E-state index >= 15 is 0 Å². The van der Waals surface area contributed by atoms with E-state index in [2.05, 4.69) is 258 Å². The molecule has 2 aliphatic heterocycles. The van der Waals surface area contributed by atoms with Crippen molar-refractivity contribution in [3.63, 3.8) is 0 Å². The normalized spacial score (nSPS) is 13.6. The number of nitrogens with zero attached hydrogens (tertiary/aromatic N) is 2. The predicted molar refractivity (Wildman–Crippen MR) is 318 cm³/mol. The van der Waals surface area contributed by atoms with Gasteiger partial charge in [0, 0.05) is 43.8 Å². The van der Waals surface area contributed by atoms with Crippen LogP contribution in [-0.2, 0) is 21.7 Å². The highest BCUT2D eigenvalue weighted by Gasteiger charge is 2.43. The van der Waals surface area contributed by atoms with Crippen molar-refractivity contribution in [1.29, 1.82) is 0 Å². The molecule has 0 radical (unpaired) electrons. The Bertz CT molecular complexity index is 4130. The van der Waals surface area contributed by atoms with E-state index < -0.39 is 0 Å². The first-order valence-electron chi connectivity index (χ1n) is 26.7. The standard InChI is InChI=1S/C70H67BN2/c1-40-26-41(2)28-43(27-40)45-32-58-63-52-23-19-18-22-51(52)53(42-20-16-15-17-21-42)39-61(63)72-62-34-46(44-29-48(68(6,7)8)35-49(30-44)69(9,10)11)31-55-57-38-50(70(12,13)14)37-56-54-36-47(67(3,4)5)24-25-60(54)73(65(56)57)71(64(55)62)59(33-45)66(58)72/h15-39H,1-14H3. The van der Waals surface area contributed by atoms with Crippen LogP contribution < -0.4 is 10.9 Å². The van der Waals surface area contributed by atoms with Crippen LogP contribution in [0.5, 0.6) is 0 Å². The van der Waals surface area contributed by atoms with Gasteiger partial charge in [0.1, 0.15) is 0 Å². The quantitative estimate of drug-likeness (QED) is 0.156. The van der Waals surface area contributed by atoms with Crippen LogP contribution in [0.2, 0.25) is 0 Å². The molecule has 0 saturated carbocycles. The highest BCUT2D eigenvalue weighted by Crippen LogP contribution is 2.49. The van der Waals surface area contributed by atoms with Gasteiger partial charge in [-0.2, -0.15) is 0 Å². The maximum Gasteiger partial charge on any atom is 0.333 e. The third-order valence-corrected chi connectivity index (χ3v) is 16.7. The molecule has 0 saturated heterocycles. The Labute approximate surface area is 432 Å². The Balaban J connectivity index is 1.28. The lowest BCUT2D eigenvalue weighted by atomic mass is 9.45. The fraction of sp³-hybridized carbons (Fsp3) is 0.257. The average Bonchev–Trinajstić information content (AvgIpc) is 3.85. The minimum atomic E-state index is -0.0939. The highest BCUT2D eigenvalue weighted by atomic mass is 15.0. The Morgan fingerprint density at radius 3 is 1.59 bits per heavy atom. The smallest absolute Gasteiger partial charge is 0.333 e. The van der Waals surface area contributed by atoms with Crippen molar-refractivity contribution >= 4 is 72.2 Å². The maximum atomic E-state index is 2.77. The fourth-order valence-electron chi connectivity index (χ4n) is 12.8. The number of hydrogen-bond donors (Lipinski definition) is 0. The van der Waals surface area contributed by atoms with Gasteiger partial charge in [0.05, 0.1) is 11.0 Å². The second kappa shape index (κ2) is 15.2. The highest BCUT2D eigenvalue weighted by molar-refractivity contribution is 6.90. The van der Waals surface area contributed by atoms with Gasteiger partial charge in [-0.3, -0.25) is 0 Å². The summed E-state index contributed by atoms with van der Waals surface area (Å²) in [5.41, 5.74) is 27.2. The van der Waals surface area contributed by atoms with Gasteiger partial charge in [-0.05, 0) is 167 Å². The zero-order chi connectivity index (χ0) is 51.0. The van der Waals surface area contributed by atoms with Crippen molar-refractivity contribution in [2.75, 3.05) is 0 Å². The van der Waals surface area contributed by atoms with E-state index in [4.69, 9.17) is 0 Å². The first-order chi connectivity index (χ1) is 34.5. The van der Waals surface area contributed by atoms with E-state index in [1.54, 1.807) is 0 Å². The first kappa shape index (κ1) is 45.7. The predicted octanol–water partition coefficient (Wildman–Crippen LogP) is 17.8. The van der Waals surface area contributed by atoms with Gasteiger partial charge in [-0.1, -0.05) is 197 Å². The summed E-state index contributed by atoms with van der Waals surface area (Å²) in [7, 11) is 0. The third kappa shape index (κ3) is 6.90. The Morgan fingerprint density at radius 2 is 0.932 bits per heavy atom. The molecule has 11 aromatic rings. The molecule has 13 rings (SSSR count). The Morgan fingerprint density at radius 1 is 0.356 bits per heavy atom. The van der Waals surface area contributed by atoms with E-state index in [0.29, 0.717) is 0 Å². The van der Waals surface area contributed by atoms with Crippen molar-refractivity contribution < 1.29 is 0 Å². The lowest BCUT2D eigenvalue weighted by Gasteiger charge is -2.35. The molecule has 3 heteroatoms. The van der Waals surface area contributed by atoms with Crippen molar-refractivity contribution in [2.24, 2.45) is 0 Å². The molecule has 0 aliphatic carbocycles. The van der Waals surface area contributed by atoms with Gasteiger partial charge >= 0.3 is 6.85 Å². The lowest BCUT2D eigenvalue weighted by Crippen LogP contribution is -2.55. The molecule has 360 valence electrons. The molecule has 0 bridgehead atoms. The van der Waals surface area contributed by atoms with E-state index in [-0.39, 0.29) is 28.5 Å². The number of aryl methyl sites for hydroxylation is 2. The number of benzene rings is 9. The first-order valence-corrected chi connectivity index (χ1v) is 26.7. The molecule has 0 N–H and O–H groups in total. The topological polar surface area (TPSA) is 9.86 Å². The summed E-state index contributed by atoms with van der Waals surface area (Å²) >= 11 is 0. The van der Waals surface area contributed by atoms with Crippen LogP contribution in [0.3, 0.4) is 0 Å². The Hall–Kier alpha value is -7.10. The van der Waals surface area contributed by atoms with E-state index in [1.165, 1.54) is 149 Å². The van der Waals surface area contributed by atoms with Crippen molar-refractivity contribution in [3.05, 3.63) is 185 Å². The summed E-state index contributed by atoms with van der Waals surface area (Å²) in [6.45, 7) is 32.7. The Kier molecular flexibility index (Phi) is 9.55. The third-order valence-electron chi connectivity index (χ3n) is 16.7. The van der Waals surface area contributed by atoms with Gasteiger partial charge < -0.3 is 9.05 Å². The summed E-state index contributed by atoms with van der Waals surface area (Å²) in [4.78, 5) is 0. The van der Waals surface area contributed by atoms with Crippen molar-refractivity contribution in [3.8, 4) is 50.2 Å². The molecule has 73 heavy (non-hydrogen) atoms. The summed E-state index contributed by atoms with van der Waals surface area (Å²) in [6, 6.07) is 60.0. The molecular weight excluding hydrogens is 880 g/mol. The summed E-state index contributed by atoms with van der Waals surface area (Å²) in [6.07, 6.45) is 0. The second-order valence-electron chi connectivity index (χ2n) is 26.1. The molecule has 0 spiro atoms. The molecule has 0 amide bonds. The van der Waals surface area contributed by atoms with Gasteiger partial charge in [0.15, 0.2) is 0 Å². The molecular formula is C70H67BN2. The SMILES string of the molecule is Cc1cc(C)cc(-c2cc3c4c(c2)c2c5ccccc5c(-c5ccccc5)cc2n4-c2cc(-c4cc(C(C)(C)C)cc(C(C)(C)C)c4)cc4c2B3n2c3ccc(C(C)(C)C)cc3c3cc(C(C)(C)C)cc-4c32)c1. The van der Waals surface area contributed by atoms with Gasteiger partial charge in [-0.25, -0.2) is 0 Å². The van der Waals surface area contributed by atoms with Gasteiger partial charge in [-0.15, -0.1) is 0 Å². The molecule has 4 heterocycles. The molecule has 2 aromatic heterocycles. The minimum absolute atomic E-state index is 0.00854. The van der Waals surface area contributed by atoms with Crippen molar-refractivity contribution in [2.45, 2.75) is 119 Å². The summed E-state index contributed by atoms with van der Waals surface area (Å²) in [5, 5.41) is 7.85. The van der Waals surface area contributed by atoms with E-state index in [9.17, 15) is 0 Å². The minimum Gasteiger partial charge on any atom is -0.375 e. The largest absolute Gasteiger partial charge is 0.375 e. The summed E-state index contributed by atoms with van der Waals surface area (Å²) < 4.78 is 5.48. The van der Waals surface area contributed by atoms with Crippen LogP contribution in [0.4, 0.5) is 0 Å². The van der Waals surface area contributed by atoms with Crippen LogP contribution in [0.1, 0.15) is 116 Å². The second-order valence-corrected chi connectivity index (χ2v) is 26.1. The molecule has 0 fully saturated rings. The fourth-order valence-corrected chi connectivity index (χ4v) is 12.8. The number of fused-ring (bicyclic) bond motifs is 12. The van der Waals surface area contributed by atoms with Gasteiger partial charge in [0.25, 0.3) is 0 Å². The number of aromatic nitrogens is 2. The average molecular weight is 947 g/mol. The van der Waals surface area contributed by atoms with Crippen molar-refractivity contribution in [1.82, 2.24) is 9.05 Å². The van der Waals surface area contributed by atoms with Crippen LogP contribution in [0.15, 0.2) is 152 Å². The molecule has 0 atom stereocenters. The maximum absolute atomic E-state index is 2.77. The molecule has 9 aromatic carbocycles. The summed E-state index contributed by atoms with van der Waals surface area (Å²) in [5.74, 6) is 0. The van der Waals surface area contributed by atoms with Crippen LogP contribution in [0, 0.1) is 13.8 Å². The zero-order valence-electron chi connectivity index (χ0n) is 45.4. The van der Waals surface area contributed by atoms with Crippen LogP contribution in [0.25, 0.3) is 105 Å². The lowest BCUT2D eigenvalue weighted by molar-refractivity contribution is 0.569. The molecule has 2 aliphatic rings. The van der Waals surface area contributed by atoms with Gasteiger partial charge in [0.2, 0.25) is 0 Å². The molecule has 2 nitrogen and oxygen atoms in total. The van der Waals surface area contributed by atoms with Crippen LogP contribution in [-0.4, -0.2) is 15.9 Å². The van der Waals surface area contributed by atoms with Crippen LogP contribution >= 0.6 is 0 Å². The monoisotopic (exact) mass is 947 g/mol. The number of hydrogen-bond acceptors (Lipinski definition) is 0. The van der Waals surface area contributed by atoms with E-state index in [0.717, 1.165) is 0 Å². The zero-order valence-corrected chi connectivity index (χ0v) is 45.4. The molecule has 0 unspecified atom stereocenters. The number of rotatable bonds is 3. The van der Waals surface area contributed by atoms with E-state index in [1.807, 2.05) is 0 Å².